The number of aryl methyl sites for hydroxylation is 2. The van der Waals surface area contributed by atoms with Gasteiger partial charge in [0, 0.05) is 4.88 Å². The minimum atomic E-state index is -5.05. The fourth-order valence-electron chi connectivity index (χ4n) is 2.49. The summed E-state index contributed by atoms with van der Waals surface area (Å²) >= 11 is 1.08. The molecule has 2 aromatic heterocycles. The summed E-state index contributed by atoms with van der Waals surface area (Å²) in [7, 11) is 0. The molecule has 0 bridgehead atoms. The zero-order valence-electron chi connectivity index (χ0n) is 14.8. The highest BCUT2D eigenvalue weighted by molar-refractivity contribution is 7.15. The Morgan fingerprint density at radius 2 is 1.79 bits per heavy atom. The van der Waals surface area contributed by atoms with E-state index in [1.165, 1.54) is 0 Å². The van der Waals surface area contributed by atoms with Crippen LogP contribution in [0.2, 0.25) is 0 Å². The number of carbonyl (C=O) groups excluding carboxylic acids is 1. The molecule has 0 fully saturated rings. The van der Waals surface area contributed by atoms with Crippen molar-refractivity contribution in [2.45, 2.75) is 26.2 Å². The van der Waals surface area contributed by atoms with E-state index in [4.69, 9.17) is 0 Å². The Labute approximate surface area is 164 Å². The zero-order valence-corrected chi connectivity index (χ0v) is 15.6. The normalized spacial score (nSPS) is 12.3. The quantitative estimate of drug-likeness (QED) is 0.574. The van der Waals surface area contributed by atoms with Crippen molar-refractivity contribution in [3.63, 3.8) is 0 Å². The minimum Gasteiger partial charge on any atom is -0.298 e. The van der Waals surface area contributed by atoms with Crippen LogP contribution in [0.15, 0.2) is 30.5 Å². The first-order valence-electron chi connectivity index (χ1n) is 7.96. The molecule has 0 unspecified atom stereocenters. The van der Waals surface area contributed by atoms with E-state index in [0.29, 0.717) is 18.0 Å². The summed E-state index contributed by atoms with van der Waals surface area (Å²) in [5.41, 5.74) is -3.33. The van der Waals surface area contributed by atoms with Gasteiger partial charge in [-0.15, -0.1) is 11.3 Å². The number of hydrogen-bond donors (Lipinski definition) is 1. The van der Waals surface area contributed by atoms with Gasteiger partial charge in [-0.05, 0) is 32.0 Å². The highest BCUT2D eigenvalue weighted by atomic mass is 32.1. The molecule has 0 saturated heterocycles. The number of aromatic nitrogens is 3. The number of benzene rings is 1. The lowest BCUT2D eigenvalue weighted by Gasteiger charge is -2.14. The second-order valence-corrected chi connectivity index (χ2v) is 7.18. The molecule has 154 valence electrons. The molecule has 0 spiro atoms. The number of nitrogens with zero attached hydrogens (tertiary/aromatic N) is 3. The predicted octanol–water partition coefficient (Wildman–Crippen LogP) is 5.24. The molecule has 2 heterocycles. The smallest absolute Gasteiger partial charge is 0.298 e. The van der Waals surface area contributed by atoms with Gasteiger partial charge in [-0.3, -0.25) is 10.1 Å². The number of thiazole rings is 1. The van der Waals surface area contributed by atoms with Crippen molar-refractivity contribution in [3.05, 3.63) is 57.9 Å². The summed E-state index contributed by atoms with van der Waals surface area (Å²) in [4.78, 5) is 17.2. The molecular weight excluding hydrogens is 422 g/mol. The number of rotatable bonds is 3. The second-order valence-electron chi connectivity index (χ2n) is 5.98. The second kappa shape index (κ2) is 7.17. The van der Waals surface area contributed by atoms with Gasteiger partial charge in [0.2, 0.25) is 0 Å². The van der Waals surface area contributed by atoms with Crippen molar-refractivity contribution in [1.82, 2.24) is 14.8 Å². The van der Waals surface area contributed by atoms with E-state index in [9.17, 15) is 31.1 Å². The molecule has 3 aromatic rings. The average Bonchev–Trinajstić information content (AvgIpc) is 3.18. The van der Waals surface area contributed by atoms with Crippen LogP contribution in [0.1, 0.15) is 32.2 Å². The van der Waals surface area contributed by atoms with Crippen LogP contribution in [-0.2, 0) is 12.4 Å². The van der Waals surface area contributed by atoms with E-state index in [1.54, 1.807) is 13.8 Å². The maximum atomic E-state index is 13.7. The van der Waals surface area contributed by atoms with E-state index < -0.39 is 40.8 Å². The molecule has 3 rings (SSSR count). The van der Waals surface area contributed by atoms with E-state index in [2.05, 4.69) is 15.4 Å². The van der Waals surface area contributed by atoms with Gasteiger partial charge < -0.3 is 0 Å². The van der Waals surface area contributed by atoms with E-state index in [0.717, 1.165) is 34.4 Å². The Morgan fingerprint density at radius 3 is 2.34 bits per heavy atom. The molecule has 12 heteroatoms. The molecule has 1 amide bonds. The average molecular weight is 434 g/mol. The zero-order chi connectivity index (χ0) is 21.6. The number of amides is 1. The van der Waals surface area contributed by atoms with Crippen LogP contribution in [-0.4, -0.2) is 20.7 Å². The number of nitrogens with one attached hydrogen (secondary N) is 1. The van der Waals surface area contributed by atoms with E-state index >= 15 is 0 Å². The lowest BCUT2D eigenvalue weighted by Crippen LogP contribution is -2.21. The third-order valence-corrected chi connectivity index (χ3v) is 4.94. The van der Waals surface area contributed by atoms with Crippen molar-refractivity contribution in [2.75, 3.05) is 5.32 Å². The first kappa shape index (κ1) is 20.8. The molecule has 0 saturated carbocycles. The minimum absolute atomic E-state index is 0.102. The molecule has 0 atom stereocenters. The number of carbonyl (C=O) groups is 1. The Bertz CT molecular complexity index is 1050. The first-order valence-corrected chi connectivity index (χ1v) is 8.78. The Kier molecular flexibility index (Phi) is 5.15. The van der Waals surface area contributed by atoms with Crippen LogP contribution in [0.4, 0.5) is 31.5 Å². The van der Waals surface area contributed by atoms with Gasteiger partial charge in [0.05, 0.1) is 28.7 Å². The van der Waals surface area contributed by atoms with E-state index in [-0.39, 0.29) is 9.81 Å². The Morgan fingerprint density at radius 1 is 1.10 bits per heavy atom. The van der Waals surface area contributed by atoms with Gasteiger partial charge >= 0.3 is 12.4 Å². The van der Waals surface area contributed by atoms with Gasteiger partial charge in [-0.2, -0.15) is 31.4 Å². The largest absolute Gasteiger partial charge is 0.434 e. The molecule has 0 radical (unpaired) electrons. The maximum Gasteiger partial charge on any atom is 0.434 e. The van der Waals surface area contributed by atoms with Crippen molar-refractivity contribution in [1.29, 1.82) is 0 Å². The topological polar surface area (TPSA) is 59.8 Å². The lowest BCUT2D eigenvalue weighted by molar-refractivity contribution is -0.143. The van der Waals surface area contributed by atoms with Crippen molar-refractivity contribution in [2.24, 2.45) is 0 Å². The summed E-state index contributed by atoms with van der Waals surface area (Å²) in [6, 6.07) is 3.24. The molecule has 0 aliphatic carbocycles. The van der Waals surface area contributed by atoms with Crippen LogP contribution in [0, 0.1) is 13.8 Å². The predicted molar refractivity (Wildman–Crippen MR) is 93.1 cm³/mol. The third kappa shape index (κ3) is 4.26. The van der Waals surface area contributed by atoms with Crippen LogP contribution in [0.25, 0.3) is 5.69 Å². The van der Waals surface area contributed by atoms with E-state index in [1.807, 2.05) is 0 Å². The number of halogens is 6. The molecular formula is C17H12F6N4OS. The molecule has 1 N–H and O–H groups in total. The van der Waals surface area contributed by atoms with Gasteiger partial charge in [-0.25, -0.2) is 9.67 Å². The highest BCUT2D eigenvalue weighted by Crippen LogP contribution is 2.36. The maximum absolute atomic E-state index is 13.7. The van der Waals surface area contributed by atoms with Crippen LogP contribution >= 0.6 is 11.3 Å². The molecule has 0 aliphatic heterocycles. The fraction of sp³-hybridized carbons (Fsp3) is 0.235. The van der Waals surface area contributed by atoms with Gasteiger partial charge in [0.15, 0.2) is 10.8 Å². The monoisotopic (exact) mass is 434 g/mol. The summed E-state index contributed by atoms with van der Waals surface area (Å²) < 4.78 is 79.9. The number of hydrogen-bond acceptors (Lipinski definition) is 4. The van der Waals surface area contributed by atoms with Crippen LogP contribution in [0.3, 0.4) is 0 Å². The summed E-state index contributed by atoms with van der Waals surface area (Å²) in [6.07, 6.45) is -9.14. The van der Waals surface area contributed by atoms with Gasteiger partial charge in [0.1, 0.15) is 0 Å². The Hall–Kier alpha value is -2.89. The molecule has 0 aliphatic rings. The first-order chi connectivity index (χ1) is 13.4. The summed E-state index contributed by atoms with van der Waals surface area (Å²) in [5.74, 6) is -1.12. The fourth-order valence-corrected chi connectivity index (χ4v) is 3.30. The third-order valence-electron chi connectivity index (χ3n) is 3.95. The number of anilines is 1. The lowest BCUT2D eigenvalue weighted by atomic mass is 10.1. The van der Waals surface area contributed by atoms with Crippen LogP contribution in [0.5, 0.6) is 0 Å². The van der Waals surface area contributed by atoms with Crippen LogP contribution < -0.4 is 5.32 Å². The molecule has 29 heavy (non-hydrogen) atoms. The molecule has 1 aromatic carbocycles. The van der Waals surface area contributed by atoms with Crippen molar-refractivity contribution < 1.29 is 31.1 Å². The molecule has 5 nitrogen and oxygen atoms in total. The standard InChI is InChI=1S/C17H12F6N4OS/c1-8-9(2)29-15(25-8)26-14(28)12-7-24-27(13(12)17(21,22)23)11-5-3-4-10(6-11)16(18,19)20/h3-7H,1-2H3,(H,25,26,28). The summed E-state index contributed by atoms with van der Waals surface area (Å²) in [6.45, 7) is 3.41. The van der Waals surface area contributed by atoms with Gasteiger partial charge in [0.25, 0.3) is 5.91 Å². The SMILES string of the molecule is Cc1nc(NC(=O)c2cnn(-c3cccc(C(F)(F)F)c3)c2C(F)(F)F)sc1C. The number of alkyl halides is 6. The summed E-state index contributed by atoms with van der Waals surface area (Å²) in [5, 5.41) is 5.88. The van der Waals surface area contributed by atoms with Gasteiger partial charge in [-0.1, -0.05) is 6.07 Å². The van der Waals surface area contributed by atoms with Crippen molar-refractivity contribution >= 4 is 22.4 Å². The highest BCUT2D eigenvalue weighted by Gasteiger charge is 2.41. The van der Waals surface area contributed by atoms with Crippen molar-refractivity contribution in [3.8, 4) is 5.69 Å². The Balaban J connectivity index is 2.05.